The van der Waals surface area contributed by atoms with E-state index in [4.69, 9.17) is 5.26 Å². The van der Waals surface area contributed by atoms with Crippen molar-refractivity contribution in [2.45, 2.75) is 25.9 Å². The normalized spacial score (nSPS) is 17.1. The molecule has 0 aliphatic carbocycles. The van der Waals surface area contributed by atoms with Crippen LogP contribution >= 0.6 is 15.9 Å². The van der Waals surface area contributed by atoms with Gasteiger partial charge in [-0.2, -0.15) is 18.4 Å². The first-order chi connectivity index (χ1) is 9.32. The van der Waals surface area contributed by atoms with Gasteiger partial charge in [-0.1, -0.05) is 0 Å². The number of rotatable bonds is 1. The van der Waals surface area contributed by atoms with Crippen molar-refractivity contribution in [2.75, 3.05) is 18.0 Å². The predicted octanol–water partition coefficient (Wildman–Crippen LogP) is 4.41. The number of hydrogen-bond donors (Lipinski definition) is 0. The molecule has 0 aromatic heterocycles. The van der Waals surface area contributed by atoms with E-state index in [-0.39, 0.29) is 12.8 Å². The van der Waals surface area contributed by atoms with Crippen molar-refractivity contribution < 1.29 is 13.2 Å². The largest absolute Gasteiger partial charge is 0.391 e. The van der Waals surface area contributed by atoms with Gasteiger partial charge in [0.05, 0.1) is 11.5 Å². The highest BCUT2D eigenvalue weighted by Crippen LogP contribution is 2.37. The zero-order valence-electron chi connectivity index (χ0n) is 11.0. The molecule has 1 fully saturated rings. The zero-order valence-corrected chi connectivity index (χ0v) is 12.6. The minimum atomic E-state index is -4.09. The van der Waals surface area contributed by atoms with Gasteiger partial charge in [0.25, 0.3) is 0 Å². The molecule has 1 aromatic rings. The van der Waals surface area contributed by atoms with Gasteiger partial charge in [0, 0.05) is 23.2 Å². The molecular weight excluding hydrogens is 333 g/mol. The summed E-state index contributed by atoms with van der Waals surface area (Å²) < 4.78 is 38.6. The Morgan fingerprint density at radius 1 is 1.30 bits per heavy atom. The van der Waals surface area contributed by atoms with E-state index < -0.39 is 12.1 Å². The molecule has 1 aliphatic rings. The van der Waals surface area contributed by atoms with E-state index in [0.29, 0.717) is 23.1 Å². The highest BCUT2D eigenvalue weighted by molar-refractivity contribution is 9.10. The Bertz CT molecular complexity index is 541. The van der Waals surface area contributed by atoms with E-state index in [2.05, 4.69) is 22.0 Å². The molecule has 1 saturated heterocycles. The van der Waals surface area contributed by atoms with Crippen molar-refractivity contribution in [1.29, 1.82) is 5.26 Å². The SMILES string of the molecule is Cc1cc(C#N)c(Br)cc1N1CCC(C(F)(F)F)CC1. The van der Waals surface area contributed by atoms with Crippen LogP contribution in [0.15, 0.2) is 16.6 Å². The summed E-state index contributed by atoms with van der Waals surface area (Å²) in [4.78, 5) is 1.96. The molecule has 0 spiro atoms. The molecule has 0 unspecified atom stereocenters. The van der Waals surface area contributed by atoms with Gasteiger partial charge < -0.3 is 4.90 Å². The number of nitriles is 1. The van der Waals surface area contributed by atoms with Crippen LogP contribution in [0.3, 0.4) is 0 Å². The third kappa shape index (κ3) is 3.09. The van der Waals surface area contributed by atoms with Gasteiger partial charge in [-0.05, 0) is 53.4 Å². The topological polar surface area (TPSA) is 27.0 Å². The van der Waals surface area contributed by atoms with Crippen LogP contribution in [0.2, 0.25) is 0 Å². The molecule has 0 amide bonds. The molecule has 1 aliphatic heterocycles. The molecular formula is C14H14BrF3N2. The summed E-state index contributed by atoms with van der Waals surface area (Å²) in [6.45, 7) is 2.66. The highest BCUT2D eigenvalue weighted by atomic mass is 79.9. The third-order valence-corrected chi connectivity index (χ3v) is 4.36. The number of benzene rings is 1. The Balaban J connectivity index is 2.16. The lowest BCUT2D eigenvalue weighted by atomic mass is 9.95. The summed E-state index contributed by atoms with van der Waals surface area (Å²) in [5.74, 6) is -1.19. The first-order valence-electron chi connectivity index (χ1n) is 6.35. The Labute approximate surface area is 124 Å². The molecule has 0 atom stereocenters. The fraction of sp³-hybridized carbons (Fsp3) is 0.500. The van der Waals surface area contributed by atoms with Gasteiger partial charge in [-0.15, -0.1) is 0 Å². The Kier molecular flexibility index (Phi) is 4.28. The van der Waals surface area contributed by atoms with E-state index in [1.54, 1.807) is 6.07 Å². The second kappa shape index (κ2) is 5.65. The van der Waals surface area contributed by atoms with Gasteiger partial charge in [0.1, 0.15) is 6.07 Å². The molecule has 1 heterocycles. The highest BCUT2D eigenvalue weighted by Gasteiger charge is 2.41. The van der Waals surface area contributed by atoms with Gasteiger partial charge in [-0.25, -0.2) is 0 Å². The zero-order chi connectivity index (χ0) is 14.9. The van der Waals surface area contributed by atoms with Gasteiger partial charge in [-0.3, -0.25) is 0 Å². The van der Waals surface area contributed by atoms with Crippen molar-refractivity contribution in [3.63, 3.8) is 0 Å². The molecule has 0 N–H and O–H groups in total. The van der Waals surface area contributed by atoms with Crippen LogP contribution in [-0.4, -0.2) is 19.3 Å². The van der Waals surface area contributed by atoms with Crippen molar-refractivity contribution in [2.24, 2.45) is 5.92 Å². The average Bonchev–Trinajstić information content (AvgIpc) is 2.40. The van der Waals surface area contributed by atoms with Crippen molar-refractivity contribution >= 4 is 21.6 Å². The molecule has 20 heavy (non-hydrogen) atoms. The molecule has 0 bridgehead atoms. The standard InChI is InChI=1S/C14H14BrF3N2/c1-9-6-10(8-19)12(15)7-13(9)20-4-2-11(3-5-20)14(16,17)18/h6-7,11H,2-5H2,1H3. The van der Waals surface area contributed by atoms with Crippen molar-refractivity contribution in [3.05, 3.63) is 27.7 Å². The quantitative estimate of drug-likeness (QED) is 0.753. The smallest absolute Gasteiger partial charge is 0.371 e. The van der Waals surface area contributed by atoms with Crippen LogP contribution in [0.4, 0.5) is 18.9 Å². The van der Waals surface area contributed by atoms with Crippen LogP contribution in [-0.2, 0) is 0 Å². The lowest BCUT2D eigenvalue weighted by Crippen LogP contribution is -2.39. The summed E-state index contributed by atoms with van der Waals surface area (Å²) in [6, 6.07) is 5.66. The fourth-order valence-corrected chi connectivity index (χ4v) is 2.97. The van der Waals surface area contributed by atoms with E-state index in [1.165, 1.54) is 0 Å². The maximum Gasteiger partial charge on any atom is 0.391 e. The van der Waals surface area contributed by atoms with E-state index >= 15 is 0 Å². The number of nitrogens with zero attached hydrogens (tertiary/aromatic N) is 2. The Morgan fingerprint density at radius 2 is 1.90 bits per heavy atom. The molecule has 1 aromatic carbocycles. The minimum absolute atomic E-state index is 0.126. The van der Waals surface area contributed by atoms with E-state index in [0.717, 1.165) is 11.3 Å². The van der Waals surface area contributed by atoms with Gasteiger partial charge in [0.2, 0.25) is 0 Å². The molecule has 0 saturated carbocycles. The first-order valence-corrected chi connectivity index (χ1v) is 7.14. The summed E-state index contributed by atoms with van der Waals surface area (Å²) in [6.07, 6.45) is -3.84. The lowest BCUT2D eigenvalue weighted by molar-refractivity contribution is -0.179. The Hall–Kier alpha value is -1.22. The number of halogens is 4. The second-order valence-corrected chi connectivity index (χ2v) is 5.89. The fourth-order valence-electron chi connectivity index (χ4n) is 2.55. The predicted molar refractivity (Wildman–Crippen MR) is 74.6 cm³/mol. The molecule has 6 heteroatoms. The third-order valence-electron chi connectivity index (χ3n) is 3.70. The van der Waals surface area contributed by atoms with E-state index in [9.17, 15) is 13.2 Å². The lowest BCUT2D eigenvalue weighted by Gasteiger charge is -2.35. The van der Waals surface area contributed by atoms with Crippen molar-refractivity contribution in [3.8, 4) is 6.07 Å². The molecule has 2 nitrogen and oxygen atoms in total. The van der Waals surface area contributed by atoms with Crippen LogP contribution < -0.4 is 4.90 Å². The monoisotopic (exact) mass is 346 g/mol. The second-order valence-electron chi connectivity index (χ2n) is 5.03. The Morgan fingerprint density at radius 3 is 2.40 bits per heavy atom. The molecule has 108 valence electrons. The maximum absolute atomic E-state index is 12.7. The summed E-state index contributed by atoms with van der Waals surface area (Å²) >= 11 is 3.32. The average molecular weight is 347 g/mol. The minimum Gasteiger partial charge on any atom is -0.371 e. The number of piperidine rings is 1. The number of anilines is 1. The van der Waals surface area contributed by atoms with E-state index in [1.807, 2.05) is 17.9 Å². The van der Waals surface area contributed by atoms with Crippen LogP contribution in [0.1, 0.15) is 24.0 Å². The number of aryl methyl sites for hydroxylation is 1. The van der Waals surface area contributed by atoms with Gasteiger partial charge in [0.15, 0.2) is 0 Å². The van der Waals surface area contributed by atoms with Crippen LogP contribution in [0, 0.1) is 24.2 Å². The van der Waals surface area contributed by atoms with Crippen LogP contribution in [0.25, 0.3) is 0 Å². The summed E-state index contributed by atoms with van der Waals surface area (Å²) in [7, 11) is 0. The van der Waals surface area contributed by atoms with Crippen molar-refractivity contribution in [1.82, 2.24) is 0 Å². The molecule has 0 radical (unpaired) electrons. The first kappa shape index (κ1) is 15.2. The summed E-state index contributed by atoms with van der Waals surface area (Å²) in [5, 5.41) is 8.95. The molecule has 2 rings (SSSR count). The summed E-state index contributed by atoms with van der Waals surface area (Å²) in [5.41, 5.74) is 2.35. The number of hydrogen-bond acceptors (Lipinski definition) is 2. The van der Waals surface area contributed by atoms with Crippen LogP contribution in [0.5, 0.6) is 0 Å². The maximum atomic E-state index is 12.7. The van der Waals surface area contributed by atoms with Gasteiger partial charge >= 0.3 is 6.18 Å². The number of alkyl halides is 3.